The van der Waals surface area contributed by atoms with Gasteiger partial charge in [0.2, 0.25) is 0 Å². The van der Waals surface area contributed by atoms with Crippen LogP contribution in [0.1, 0.15) is 31.1 Å². The van der Waals surface area contributed by atoms with Gasteiger partial charge >= 0.3 is 0 Å². The van der Waals surface area contributed by atoms with Crippen LogP contribution in [0.25, 0.3) is 0 Å². The molecule has 1 atom stereocenters. The molecule has 112 valence electrons. The summed E-state index contributed by atoms with van der Waals surface area (Å²) in [6.07, 6.45) is 4.33. The highest BCUT2D eigenvalue weighted by Gasteiger charge is 2.35. The Hall–Kier alpha value is -1.58. The zero-order chi connectivity index (χ0) is 14.7. The molecule has 0 saturated heterocycles. The van der Waals surface area contributed by atoms with Gasteiger partial charge in [0.15, 0.2) is 0 Å². The molecule has 3 nitrogen and oxygen atoms in total. The Labute approximate surface area is 126 Å². The highest BCUT2D eigenvalue weighted by atomic mass is 16.3. The third-order valence-electron chi connectivity index (χ3n) is 4.48. The highest BCUT2D eigenvalue weighted by molar-refractivity contribution is 5.26. The van der Waals surface area contributed by atoms with Gasteiger partial charge in [0.05, 0.1) is 12.8 Å². The van der Waals surface area contributed by atoms with Gasteiger partial charge in [0, 0.05) is 24.5 Å². The molecule has 0 bridgehead atoms. The average molecular weight is 284 g/mol. The van der Waals surface area contributed by atoms with Crippen molar-refractivity contribution < 1.29 is 4.42 Å². The Morgan fingerprint density at radius 2 is 1.95 bits per heavy atom. The van der Waals surface area contributed by atoms with E-state index in [1.165, 1.54) is 18.4 Å². The molecular formula is C18H24N2O. The predicted molar refractivity (Wildman–Crippen MR) is 85.0 cm³/mol. The van der Waals surface area contributed by atoms with E-state index in [9.17, 15) is 0 Å². The molecule has 1 aromatic carbocycles. The first-order valence-corrected chi connectivity index (χ1v) is 7.73. The van der Waals surface area contributed by atoms with Gasteiger partial charge in [-0.2, -0.15) is 0 Å². The van der Waals surface area contributed by atoms with Crippen LogP contribution >= 0.6 is 0 Å². The molecule has 1 aliphatic carbocycles. The van der Waals surface area contributed by atoms with E-state index in [1.54, 1.807) is 6.26 Å². The summed E-state index contributed by atoms with van der Waals surface area (Å²) >= 11 is 0. The van der Waals surface area contributed by atoms with E-state index < -0.39 is 0 Å². The van der Waals surface area contributed by atoms with Crippen LogP contribution in [0.4, 0.5) is 0 Å². The second kappa shape index (κ2) is 6.04. The molecule has 0 aliphatic heterocycles. The van der Waals surface area contributed by atoms with Gasteiger partial charge in [-0.15, -0.1) is 0 Å². The molecular weight excluding hydrogens is 260 g/mol. The summed E-state index contributed by atoms with van der Waals surface area (Å²) in [7, 11) is 0. The van der Waals surface area contributed by atoms with Crippen LogP contribution in [0.3, 0.4) is 0 Å². The Morgan fingerprint density at radius 3 is 2.52 bits per heavy atom. The molecule has 3 heteroatoms. The Morgan fingerprint density at radius 1 is 1.19 bits per heavy atom. The summed E-state index contributed by atoms with van der Waals surface area (Å²) in [5.41, 5.74) is 7.43. The molecule has 0 amide bonds. The van der Waals surface area contributed by atoms with Crippen LogP contribution in [0.5, 0.6) is 0 Å². The van der Waals surface area contributed by atoms with Crippen LogP contribution in [0.15, 0.2) is 53.1 Å². The molecule has 2 N–H and O–H groups in total. The van der Waals surface area contributed by atoms with Crippen molar-refractivity contribution in [3.63, 3.8) is 0 Å². The SMILES string of the molecule is CC(CN)(CN(Cc1ccco1)C1CC1)c1ccccc1. The fraction of sp³-hybridized carbons (Fsp3) is 0.444. The van der Waals surface area contributed by atoms with E-state index in [0.717, 1.165) is 18.8 Å². The van der Waals surface area contributed by atoms with Crippen LogP contribution < -0.4 is 5.73 Å². The average Bonchev–Trinajstić information content (AvgIpc) is 3.25. The molecule has 0 spiro atoms. The van der Waals surface area contributed by atoms with Crippen molar-refractivity contribution in [2.75, 3.05) is 13.1 Å². The van der Waals surface area contributed by atoms with Crippen molar-refractivity contribution in [1.29, 1.82) is 0 Å². The Bertz CT molecular complexity index is 548. The van der Waals surface area contributed by atoms with E-state index in [0.29, 0.717) is 12.6 Å². The number of furan rings is 1. The van der Waals surface area contributed by atoms with Crippen LogP contribution in [0.2, 0.25) is 0 Å². The first-order valence-electron chi connectivity index (χ1n) is 7.73. The number of benzene rings is 1. The predicted octanol–water partition coefficient (Wildman–Crippen LogP) is 3.16. The van der Waals surface area contributed by atoms with Gasteiger partial charge in [-0.3, -0.25) is 4.90 Å². The van der Waals surface area contributed by atoms with E-state index in [-0.39, 0.29) is 5.41 Å². The lowest BCUT2D eigenvalue weighted by Crippen LogP contribution is -2.44. The van der Waals surface area contributed by atoms with Gasteiger partial charge in [-0.1, -0.05) is 37.3 Å². The summed E-state index contributed by atoms with van der Waals surface area (Å²) in [6, 6.07) is 15.3. The van der Waals surface area contributed by atoms with E-state index in [4.69, 9.17) is 10.2 Å². The monoisotopic (exact) mass is 284 g/mol. The molecule has 3 rings (SSSR count). The van der Waals surface area contributed by atoms with Crippen LogP contribution in [-0.4, -0.2) is 24.0 Å². The number of hydrogen-bond donors (Lipinski definition) is 1. The summed E-state index contributed by atoms with van der Waals surface area (Å²) < 4.78 is 5.52. The topological polar surface area (TPSA) is 42.4 Å². The second-order valence-electron chi connectivity index (χ2n) is 6.35. The summed E-state index contributed by atoms with van der Waals surface area (Å²) in [4.78, 5) is 2.53. The minimum atomic E-state index is -0.0174. The highest BCUT2D eigenvalue weighted by Crippen LogP contribution is 2.33. The minimum Gasteiger partial charge on any atom is -0.468 e. The summed E-state index contributed by atoms with van der Waals surface area (Å²) in [6.45, 7) is 4.76. The smallest absolute Gasteiger partial charge is 0.117 e. The first-order chi connectivity index (χ1) is 10.2. The number of hydrogen-bond acceptors (Lipinski definition) is 3. The van der Waals surface area contributed by atoms with Gasteiger partial charge in [-0.05, 0) is 30.5 Å². The van der Waals surface area contributed by atoms with Gasteiger partial charge in [0.25, 0.3) is 0 Å². The lowest BCUT2D eigenvalue weighted by atomic mass is 9.82. The van der Waals surface area contributed by atoms with Crippen molar-refractivity contribution in [3.8, 4) is 0 Å². The number of nitrogens with zero attached hydrogens (tertiary/aromatic N) is 1. The van der Waals surface area contributed by atoms with Crippen molar-refractivity contribution in [3.05, 3.63) is 60.1 Å². The summed E-state index contributed by atoms with van der Waals surface area (Å²) in [5, 5.41) is 0. The van der Waals surface area contributed by atoms with Crippen molar-refractivity contribution in [2.24, 2.45) is 5.73 Å². The van der Waals surface area contributed by atoms with Gasteiger partial charge < -0.3 is 10.2 Å². The maximum absolute atomic E-state index is 6.13. The number of nitrogens with two attached hydrogens (primary N) is 1. The lowest BCUT2D eigenvalue weighted by Gasteiger charge is -2.35. The van der Waals surface area contributed by atoms with E-state index in [2.05, 4.69) is 48.2 Å². The molecule has 1 heterocycles. The second-order valence-corrected chi connectivity index (χ2v) is 6.35. The molecule has 0 radical (unpaired) electrons. The molecule has 1 fully saturated rings. The fourth-order valence-electron chi connectivity index (χ4n) is 2.92. The number of rotatable bonds is 7. The fourth-order valence-corrected chi connectivity index (χ4v) is 2.92. The molecule has 1 aliphatic rings. The lowest BCUT2D eigenvalue weighted by molar-refractivity contribution is 0.187. The molecule has 2 aromatic rings. The maximum atomic E-state index is 6.13. The van der Waals surface area contributed by atoms with Crippen molar-refractivity contribution >= 4 is 0 Å². The summed E-state index contributed by atoms with van der Waals surface area (Å²) in [5.74, 6) is 1.04. The quantitative estimate of drug-likeness (QED) is 0.849. The molecule has 1 aromatic heterocycles. The molecule has 21 heavy (non-hydrogen) atoms. The minimum absolute atomic E-state index is 0.0174. The third kappa shape index (κ3) is 3.36. The largest absolute Gasteiger partial charge is 0.468 e. The molecule has 1 unspecified atom stereocenters. The van der Waals surface area contributed by atoms with Gasteiger partial charge in [-0.25, -0.2) is 0 Å². The van der Waals surface area contributed by atoms with Crippen LogP contribution in [-0.2, 0) is 12.0 Å². The first kappa shape index (κ1) is 14.4. The van der Waals surface area contributed by atoms with Crippen LogP contribution in [0, 0.1) is 0 Å². The van der Waals surface area contributed by atoms with Crippen molar-refractivity contribution in [1.82, 2.24) is 4.90 Å². The zero-order valence-corrected chi connectivity index (χ0v) is 12.7. The van der Waals surface area contributed by atoms with E-state index in [1.807, 2.05) is 6.07 Å². The third-order valence-corrected chi connectivity index (χ3v) is 4.48. The maximum Gasteiger partial charge on any atom is 0.117 e. The normalized spacial score (nSPS) is 17.9. The van der Waals surface area contributed by atoms with Gasteiger partial charge in [0.1, 0.15) is 5.76 Å². The zero-order valence-electron chi connectivity index (χ0n) is 12.7. The van der Waals surface area contributed by atoms with E-state index >= 15 is 0 Å². The Balaban J connectivity index is 1.77. The van der Waals surface area contributed by atoms with Crippen molar-refractivity contribution in [2.45, 2.75) is 37.8 Å². The molecule has 1 saturated carbocycles. The Kier molecular flexibility index (Phi) is 4.13. The standard InChI is InChI=1S/C18H24N2O/c1-18(13-19,15-6-3-2-4-7-15)14-20(16-9-10-16)12-17-8-5-11-21-17/h2-8,11,16H,9-10,12-14,19H2,1H3.